The molecule has 0 radical (unpaired) electrons. The molecule has 0 bridgehead atoms. The maximum Gasteiger partial charge on any atom is 0.230 e. The third-order valence-corrected chi connectivity index (χ3v) is 4.98. The lowest BCUT2D eigenvalue weighted by Gasteiger charge is -2.19. The zero-order valence-electron chi connectivity index (χ0n) is 11.4. The Morgan fingerprint density at radius 3 is 2.55 bits per heavy atom. The van der Waals surface area contributed by atoms with E-state index in [1.807, 2.05) is 24.3 Å². The van der Waals surface area contributed by atoms with Crippen molar-refractivity contribution in [2.24, 2.45) is 5.92 Å². The van der Waals surface area contributed by atoms with Crippen LogP contribution >= 0.6 is 11.6 Å². The van der Waals surface area contributed by atoms with Gasteiger partial charge in [-0.2, -0.15) is 0 Å². The minimum absolute atomic E-state index is 0.0962. The summed E-state index contributed by atoms with van der Waals surface area (Å²) in [7, 11) is 0. The van der Waals surface area contributed by atoms with Gasteiger partial charge in [-0.3, -0.25) is 4.79 Å². The van der Waals surface area contributed by atoms with Crippen LogP contribution in [0, 0.1) is 5.92 Å². The highest BCUT2D eigenvalue weighted by molar-refractivity contribution is 6.30. The molecule has 2 aliphatic rings. The van der Waals surface area contributed by atoms with Crippen LogP contribution in [0.25, 0.3) is 0 Å². The molecule has 4 heteroatoms. The zero-order chi connectivity index (χ0) is 14.2. The van der Waals surface area contributed by atoms with Gasteiger partial charge in [0, 0.05) is 17.5 Å². The van der Waals surface area contributed by atoms with Gasteiger partial charge in [0.2, 0.25) is 5.91 Å². The number of aliphatic hydroxyl groups excluding tert-OH is 1. The number of hydrogen-bond acceptors (Lipinski definition) is 2. The Labute approximate surface area is 124 Å². The first-order chi connectivity index (χ1) is 9.62. The van der Waals surface area contributed by atoms with Gasteiger partial charge >= 0.3 is 0 Å². The van der Waals surface area contributed by atoms with Gasteiger partial charge in [-0.15, -0.1) is 0 Å². The van der Waals surface area contributed by atoms with Crippen molar-refractivity contribution in [3.63, 3.8) is 0 Å². The Hall–Kier alpha value is -1.06. The number of carbonyl (C=O) groups excluding carboxylic acids is 1. The summed E-state index contributed by atoms with van der Waals surface area (Å²) in [6.45, 7) is 0.593. The zero-order valence-corrected chi connectivity index (χ0v) is 12.2. The Balaban J connectivity index is 1.63. The smallest absolute Gasteiger partial charge is 0.230 e. The predicted molar refractivity (Wildman–Crippen MR) is 78.7 cm³/mol. The minimum Gasteiger partial charge on any atom is -0.393 e. The van der Waals surface area contributed by atoms with Crippen molar-refractivity contribution >= 4 is 17.5 Å². The highest BCUT2D eigenvalue weighted by Crippen LogP contribution is 2.48. The van der Waals surface area contributed by atoms with Crippen molar-refractivity contribution in [2.45, 2.75) is 43.6 Å². The van der Waals surface area contributed by atoms with E-state index < -0.39 is 0 Å². The number of rotatable bonds is 4. The monoisotopic (exact) mass is 293 g/mol. The number of carbonyl (C=O) groups is 1. The van der Waals surface area contributed by atoms with Crippen molar-refractivity contribution in [1.29, 1.82) is 0 Å². The van der Waals surface area contributed by atoms with E-state index in [4.69, 9.17) is 11.6 Å². The molecule has 1 aromatic carbocycles. The van der Waals surface area contributed by atoms with E-state index in [0.29, 0.717) is 11.6 Å². The lowest BCUT2D eigenvalue weighted by molar-refractivity contribution is -0.123. The van der Waals surface area contributed by atoms with Gasteiger partial charge in [0.15, 0.2) is 0 Å². The van der Waals surface area contributed by atoms with Crippen LogP contribution < -0.4 is 5.32 Å². The Kier molecular flexibility index (Phi) is 3.74. The molecule has 2 atom stereocenters. The van der Waals surface area contributed by atoms with E-state index in [2.05, 4.69) is 5.32 Å². The average Bonchev–Trinajstić information content (AvgIpc) is 3.15. The molecule has 1 amide bonds. The number of benzene rings is 1. The molecule has 1 aromatic rings. The molecule has 0 aliphatic heterocycles. The quantitative estimate of drug-likeness (QED) is 0.896. The first-order valence-corrected chi connectivity index (χ1v) is 7.72. The molecular formula is C16H20ClNO2. The van der Waals surface area contributed by atoms with E-state index in [1.165, 1.54) is 0 Å². The van der Waals surface area contributed by atoms with Crippen LogP contribution in [0.5, 0.6) is 0 Å². The van der Waals surface area contributed by atoms with E-state index in [1.54, 1.807) is 0 Å². The molecule has 3 nitrogen and oxygen atoms in total. The van der Waals surface area contributed by atoms with Crippen LogP contribution in [0.1, 0.15) is 37.7 Å². The SMILES string of the molecule is O=C(NCC1CCCC1O)C1(c2ccc(Cl)cc2)CC1. The lowest BCUT2D eigenvalue weighted by atomic mass is 9.94. The van der Waals surface area contributed by atoms with Crippen molar-refractivity contribution in [1.82, 2.24) is 5.32 Å². The molecule has 2 unspecified atom stereocenters. The maximum atomic E-state index is 12.5. The second-order valence-corrected chi connectivity index (χ2v) is 6.49. The van der Waals surface area contributed by atoms with Gasteiger partial charge in [0.05, 0.1) is 11.5 Å². The van der Waals surface area contributed by atoms with Gasteiger partial charge in [-0.1, -0.05) is 30.2 Å². The standard InChI is InChI=1S/C16H20ClNO2/c17-13-6-4-12(5-7-13)16(8-9-16)15(20)18-10-11-2-1-3-14(11)19/h4-7,11,14,19H,1-3,8-10H2,(H,18,20). The molecule has 2 saturated carbocycles. The summed E-state index contributed by atoms with van der Waals surface area (Å²) in [5.74, 6) is 0.318. The third-order valence-electron chi connectivity index (χ3n) is 4.73. The highest BCUT2D eigenvalue weighted by atomic mass is 35.5. The molecule has 2 fully saturated rings. The summed E-state index contributed by atoms with van der Waals surface area (Å²) < 4.78 is 0. The number of nitrogens with one attached hydrogen (secondary N) is 1. The lowest BCUT2D eigenvalue weighted by Crippen LogP contribution is -2.39. The topological polar surface area (TPSA) is 49.3 Å². The molecule has 20 heavy (non-hydrogen) atoms. The summed E-state index contributed by atoms with van der Waals surface area (Å²) in [6.07, 6.45) is 4.48. The molecular weight excluding hydrogens is 274 g/mol. The molecule has 3 rings (SSSR count). The fraction of sp³-hybridized carbons (Fsp3) is 0.562. The molecule has 0 aromatic heterocycles. The van der Waals surface area contributed by atoms with Gasteiger partial charge in [0.25, 0.3) is 0 Å². The van der Waals surface area contributed by atoms with E-state index >= 15 is 0 Å². The molecule has 0 spiro atoms. The van der Waals surface area contributed by atoms with Crippen LogP contribution in [0.4, 0.5) is 0 Å². The van der Waals surface area contributed by atoms with Crippen molar-refractivity contribution in [3.05, 3.63) is 34.9 Å². The van der Waals surface area contributed by atoms with Crippen molar-refractivity contribution in [3.8, 4) is 0 Å². The van der Waals surface area contributed by atoms with E-state index in [0.717, 1.165) is 37.7 Å². The first-order valence-electron chi connectivity index (χ1n) is 7.34. The van der Waals surface area contributed by atoms with Crippen molar-refractivity contribution < 1.29 is 9.90 Å². The minimum atomic E-state index is -0.353. The number of halogens is 1. The highest BCUT2D eigenvalue weighted by Gasteiger charge is 2.51. The second-order valence-electron chi connectivity index (χ2n) is 6.06. The summed E-state index contributed by atoms with van der Waals surface area (Å²) in [6, 6.07) is 7.56. The van der Waals surface area contributed by atoms with E-state index in [-0.39, 0.29) is 23.3 Å². The number of hydrogen-bond donors (Lipinski definition) is 2. The summed E-state index contributed by atoms with van der Waals surface area (Å²) in [5.41, 5.74) is 0.695. The second kappa shape index (κ2) is 5.38. The largest absolute Gasteiger partial charge is 0.393 e. The fourth-order valence-corrected chi connectivity index (χ4v) is 3.32. The van der Waals surface area contributed by atoms with Gasteiger partial charge in [-0.05, 0) is 43.4 Å². The Morgan fingerprint density at radius 1 is 1.30 bits per heavy atom. The maximum absolute atomic E-state index is 12.5. The van der Waals surface area contributed by atoms with E-state index in [9.17, 15) is 9.90 Å². The van der Waals surface area contributed by atoms with Crippen LogP contribution in [0.2, 0.25) is 5.02 Å². The molecule has 0 saturated heterocycles. The Morgan fingerprint density at radius 2 is 2.00 bits per heavy atom. The molecule has 2 N–H and O–H groups in total. The molecule has 2 aliphatic carbocycles. The van der Waals surface area contributed by atoms with Crippen LogP contribution in [0.3, 0.4) is 0 Å². The summed E-state index contributed by atoms with van der Waals surface area (Å²) in [5, 5.41) is 13.5. The normalized spacial score (nSPS) is 27.3. The summed E-state index contributed by atoms with van der Waals surface area (Å²) >= 11 is 5.90. The van der Waals surface area contributed by atoms with Crippen LogP contribution in [-0.4, -0.2) is 23.7 Å². The van der Waals surface area contributed by atoms with Crippen LogP contribution in [-0.2, 0) is 10.2 Å². The first kappa shape index (κ1) is 13.9. The predicted octanol–water partition coefficient (Wildman–Crippen LogP) is 2.65. The Bertz CT molecular complexity index is 496. The van der Waals surface area contributed by atoms with Crippen LogP contribution in [0.15, 0.2) is 24.3 Å². The molecule has 0 heterocycles. The molecule has 108 valence electrons. The third kappa shape index (κ3) is 2.57. The fourth-order valence-electron chi connectivity index (χ4n) is 3.19. The number of amides is 1. The van der Waals surface area contributed by atoms with Crippen molar-refractivity contribution in [2.75, 3.05) is 6.54 Å². The van der Waals surface area contributed by atoms with Gasteiger partial charge in [-0.25, -0.2) is 0 Å². The average molecular weight is 294 g/mol. The summed E-state index contributed by atoms with van der Waals surface area (Å²) in [4.78, 5) is 12.5. The van der Waals surface area contributed by atoms with Gasteiger partial charge in [0.1, 0.15) is 0 Å². The van der Waals surface area contributed by atoms with Gasteiger partial charge < -0.3 is 10.4 Å². The number of aliphatic hydroxyl groups is 1.